The summed E-state index contributed by atoms with van der Waals surface area (Å²) < 4.78 is 33.4. The highest BCUT2D eigenvalue weighted by molar-refractivity contribution is 14.1. The van der Waals surface area contributed by atoms with Crippen LogP contribution in [0.5, 0.6) is 34.5 Å². The van der Waals surface area contributed by atoms with Crippen molar-refractivity contribution in [3.63, 3.8) is 0 Å². The molecular weight excluding hydrogens is 1070 g/mol. The van der Waals surface area contributed by atoms with E-state index < -0.39 is 41.0 Å². The molecule has 19 nitrogen and oxygen atoms in total. The predicted molar refractivity (Wildman–Crippen MR) is 306 cm³/mol. The van der Waals surface area contributed by atoms with E-state index in [1.165, 1.54) is 12.3 Å². The molecule has 0 aliphatic heterocycles. The van der Waals surface area contributed by atoms with Gasteiger partial charge in [-0.2, -0.15) is 0 Å². The number of hydrogen-bond acceptors (Lipinski definition) is 15. The van der Waals surface area contributed by atoms with Crippen molar-refractivity contribution in [2.45, 2.75) is 121 Å². The second-order valence-electron chi connectivity index (χ2n) is 17.5. The Bertz CT molecular complexity index is 2670. The Balaban J connectivity index is 0.000000535. The van der Waals surface area contributed by atoms with Gasteiger partial charge in [-0.1, -0.05) is 41.5 Å². The first-order valence-corrected chi connectivity index (χ1v) is 25.1. The summed E-state index contributed by atoms with van der Waals surface area (Å²) in [6.45, 7) is 28.2. The molecule has 3 aromatic carbocycles. The number of nitrogens with two attached hydrogens (primary N) is 3. The molecule has 406 valence electrons. The van der Waals surface area contributed by atoms with Crippen molar-refractivity contribution in [1.82, 2.24) is 15.0 Å². The van der Waals surface area contributed by atoms with E-state index in [-0.39, 0.29) is 5.69 Å². The smallest absolute Gasteiger partial charge is 0.412 e. The minimum absolute atomic E-state index is 0.121. The van der Waals surface area contributed by atoms with E-state index in [0.29, 0.717) is 63.2 Å². The van der Waals surface area contributed by atoms with Gasteiger partial charge in [0.1, 0.15) is 68.6 Å². The summed E-state index contributed by atoms with van der Waals surface area (Å²) in [5, 5.41) is 7.94. The molecule has 0 aliphatic carbocycles. The SMILES string of the molecule is CC.CC.CC.CC(C)(C)OC(=O)Nc1ccc(Oc2cc(N)ncc2I)cc1.CC(C)(C)OC(=O)Nc1ccc(Oc2ccnc(C(N)=O)c2)cc1.CC(C)(C)OC(=O)Nc1ccc(Oc2ccnc(N)c2)cc1. The molecule has 0 radical (unpaired) electrons. The number of ether oxygens (including phenoxy) is 6. The van der Waals surface area contributed by atoms with E-state index in [1.807, 2.05) is 83.1 Å². The molecule has 0 unspecified atom stereocenters. The molecule has 9 N–H and O–H groups in total. The number of amides is 4. The lowest BCUT2D eigenvalue weighted by Gasteiger charge is -2.19. The summed E-state index contributed by atoms with van der Waals surface area (Å²) in [4.78, 5) is 57.9. The number of nitrogens with one attached hydrogen (secondary N) is 3. The molecule has 0 fully saturated rings. The third kappa shape index (κ3) is 28.2. The maximum absolute atomic E-state index is 11.7. The lowest BCUT2D eigenvalue weighted by molar-refractivity contribution is 0.0624. The summed E-state index contributed by atoms with van der Waals surface area (Å²) in [5.41, 5.74) is 16.7. The Labute approximate surface area is 455 Å². The predicted octanol–water partition coefficient (Wildman–Crippen LogP) is 14.6. The zero-order valence-corrected chi connectivity index (χ0v) is 47.7. The van der Waals surface area contributed by atoms with Gasteiger partial charge in [0.15, 0.2) is 0 Å². The first kappa shape index (κ1) is 65.1. The molecule has 6 aromatic rings. The third-order valence-corrected chi connectivity index (χ3v) is 8.59. The van der Waals surface area contributed by atoms with Gasteiger partial charge in [0, 0.05) is 53.9 Å². The fourth-order valence-corrected chi connectivity index (χ4v) is 5.50. The minimum Gasteiger partial charge on any atom is -0.457 e. The highest BCUT2D eigenvalue weighted by atomic mass is 127. The average Bonchev–Trinajstić information content (AvgIpc) is 3.33. The number of benzene rings is 3. The third-order valence-electron chi connectivity index (χ3n) is 7.78. The quantitative estimate of drug-likeness (QED) is 0.0549. The van der Waals surface area contributed by atoms with Crippen LogP contribution in [0.3, 0.4) is 0 Å². The van der Waals surface area contributed by atoms with Crippen LogP contribution in [0.2, 0.25) is 0 Å². The van der Waals surface area contributed by atoms with E-state index in [0.717, 1.165) is 3.57 Å². The molecule has 3 heterocycles. The summed E-state index contributed by atoms with van der Waals surface area (Å²) >= 11 is 2.12. The molecule has 75 heavy (non-hydrogen) atoms. The fourth-order valence-electron chi connectivity index (χ4n) is 5.10. The number of nitrogen functional groups attached to an aromatic ring is 2. The van der Waals surface area contributed by atoms with Crippen molar-refractivity contribution in [2.24, 2.45) is 5.73 Å². The molecule has 20 heteroatoms. The number of carbonyl (C=O) groups is 4. The van der Waals surface area contributed by atoms with E-state index in [9.17, 15) is 19.2 Å². The zero-order valence-electron chi connectivity index (χ0n) is 45.6. The fraction of sp³-hybridized carbons (Fsp3) is 0.327. The first-order chi connectivity index (χ1) is 35.3. The van der Waals surface area contributed by atoms with Crippen molar-refractivity contribution in [2.75, 3.05) is 27.4 Å². The van der Waals surface area contributed by atoms with Gasteiger partial charge in [-0.25, -0.2) is 24.4 Å². The summed E-state index contributed by atoms with van der Waals surface area (Å²) in [6, 6.07) is 28.7. The van der Waals surface area contributed by atoms with Crippen molar-refractivity contribution in [3.8, 4) is 34.5 Å². The summed E-state index contributed by atoms with van der Waals surface area (Å²) in [5.74, 6) is 3.61. The average molecular weight is 1150 g/mol. The van der Waals surface area contributed by atoms with Crippen LogP contribution in [0.15, 0.2) is 122 Å². The summed E-state index contributed by atoms with van der Waals surface area (Å²) in [7, 11) is 0. The largest absolute Gasteiger partial charge is 0.457 e. The molecule has 0 spiro atoms. The second-order valence-corrected chi connectivity index (χ2v) is 18.6. The van der Waals surface area contributed by atoms with Gasteiger partial charge in [0.2, 0.25) is 0 Å². The molecule has 3 aromatic heterocycles. The lowest BCUT2D eigenvalue weighted by Crippen LogP contribution is -2.27. The molecule has 0 aliphatic rings. The molecule has 0 saturated heterocycles. The monoisotopic (exact) mass is 1150 g/mol. The maximum atomic E-state index is 11.7. The van der Waals surface area contributed by atoms with Crippen molar-refractivity contribution in [3.05, 3.63) is 131 Å². The van der Waals surface area contributed by atoms with Gasteiger partial charge < -0.3 is 45.6 Å². The Kier molecular flexibility index (Phi) is 28.1. The highest BCUT2D eigenvalue weighted by Crippen LogP contribution is 2.29. The Morgan fingerprint density at radius 3 is 1.13 bits per heavy atom. The number of anilines is 5. The Hall–Kier alpha value is -7.88. The van der Waals surface area contributed by atoms with Gasteiger partial charge in [0.25, 0.3) is 5.91 Å². The lowest BCUT2D eigenvalue weighted by atomic mass is 10.2. The number of carbonyl (C=O) groups excluding carboxylic acids is 4. The van der Waals surface area contributed by atoms with Crippen LogP contribution >= 0.6 is 22.6 Å². The van der Waals surface area contributed by atoms with Crippen LogP contribution in [0.1, 0.15) is 114 Å². The number of rotatable bonds is 10. The van der Waals surface area contributed by atoms with E-state index in [2.05, 4.69) is 53.5 Å². The second kappa shape index (κ2) is 32.3. The van der Waals surface area contributed by atoms with Gasteiger partial charge in [-0.15, -0.1) is 0 Å². The molecular formula is C55H74IN9O10. The number of nitrogens with zero attached hydrogens (tertiary/aromatic N) is 3. The first-order valence-electron chi connectivity index (χ1n) is 24.0. The topological polar surface area (TPSA) is 276 Å². The number of hydrogen-bond donors (Lipinski definition) is 6. The normalized spacial score (nSPS) is 10.2. The molecule has 4 amide bonds. The minimum atomic E-state index is -0.627. The van der Waals surface area contributed by atoms with Crippen LogP contribution < -0.4 is 47.4 Å². The van der Waals surface area contributed by atoms with E-state index >= 15 is 0 Å². The van der Waals surface area contributed by atoms with Crippen LogP contribution in [-0.4, -0.2) is 55.9 Å². The molecule has 0 saturated carbocycles. The number of primary amides is 1. The van der Waals surface area contributed by atoms with E-state index in [4.69, 9.17) is 45.6 Å². The molecule has 6 rings (SSSR count). The van der Waals surface area contributed by atoms with Crippen LogP contribution in [-0.2, 0) is 14.2 Å². The highest BCUT2D eigenvalue weighted by Gasteiger charge is 2.18. The van der Waals surface area contributed by atoms with Crippen molar-refractivity contribution in [1.29, 1.82) is 0 Å². The standard InChI is InChI=1S/C17H19N3O4.C16H18IN3O3.C16H19N3O3.3C2H6/c1-17(2,3)24-16(22)20-11-4-6-12(7-5-11)23-13-8-9-19-14(10-13)15(18)21;1-16(2,3)23-15(21)20-10-4-6-11(7-5-10)22-13-8-14(18)19-9-12(13)17;1-16(2,3)22-15(20)19-11-4-6-12(7-5-11)21-13-8-9-18-14(17)10-13;3*1-2/h4-10H,1-3H3,(H2,18,21)(H,20,22);4-9H,1-3H3,(H2,18,19)(H,20,21);4-10H,1-3H3,(H2,17,18)(H,19,20);3*1-2H3. The number of pyridine rings is 3. The zero-order chi connectivity index (χ0) is 56.9. The molecule has 0 atom stereocenters. The summed E-state index contributed by atoms with van der Waals surface area (Å²) in [6.07, 6.45) is 3.13. The maximum Gasteiger partial charge on any atom is 0.412 e. The van der Waals surface area contributed by atoms with Crippen molar-refractivity contribution < 1.29 is 47.6 Å². The van der Waals surface area contributed by atoms with Crippen LogP contribution in [0.4, 0.5) is 43.1 Å². The van der Waals surface area contributed by atoms with Gasteiger partial charge in [-0.3, -0.25) is 25.7 Å². The van der Waals surface area contributed by atoms with Gasteiger partial charge in [-0.05, 0) is 170 Å². The number of aromatic nitrogens is 3. The Morgan fingerprint density at radius 2 is 0.787 bits per heavy atom. The van der Waals surface area contributed by atoms with E-state index in [1.54, 1.807) is 130 Å². The van der Waals surface area contributed by atoms with Gasteiger partial charge >= 0.3 is 18.3 Å². The molecule has 0 bridgehead atoms. The van der Waals surface area contributed by atoms with Gasteiger partial charge in [0.05, 0.1) is 3.57 Å². The van der Waals surface area contributed by atoms with Crippen molar-refractivity contribution >= 4 is 75.5 Å². The number of halogens is 1. The van der Waals surface area contributed by atoms with Crippen LogP contribution in [0.25, 0.3) is 0 Å². The Morgan fingerprint density at radius 1 is 0.453 bits per heavy atom. The van der Waals surface area contributed by atoms with Crippen LogP contribution in [0, 0.1) is 3.57 Å².